The molecule has 2 N–H and O–H groups in total. The molecule has 0 spiro atoms. The lowest BCUT2D eigenvalue weighted by Gasteiger charge is -2.28. The molecule has 2 aliphatic rings. The summed E-state index contributed by atoms with van der Waals surface area (Å²) in [4.78, 5) is 24.2. The van der Waals surface area contributed by atoms with Crippen LogP contribution >= 0.6 is 0 Å². The minimum atomic E-state index is -0.645. The zero-order valence-electron chi connectivity index (χ0n) is 14.7. The third kappa shape index (κ3) is 4.58. The van der Waals surface area contributed by atoms with Crippen LogP contribution in [0.1, 0.15) is 33.1 Å². The van der Waals surface area contributed by atoms with E-state index in [4.69, 9.17) is 9.47 Å². The predicted molar refractivity (Wildman–Crippen MR) is 91.4 cm³/mol. The van der Waals surface area contributed by atoms with Crippen molar-refractivity contribution in [1.29, 1.82) is 0 Å². The van der Waals surface area contributed by atoms with Crippen molar-refractivity contribution >= 4 is 11.9 Å². The van der Waals surface area contributed by atoms with E-state index in [0.29, 0.717) is 12.8 Å². The molecule has 0 aromatic rings. The number of ether oxygens (including phenoxy) is 2. The van der Waals surface area contributed by atoms with E-state index < -0.39 is 36.0 Å². The molecule has 1 unspecified atom stereocenters. The number of hydrogen-bond acceptors (Lipinski definition) is 6. The summed E-state index contributed by atoms with van der Waals surface area (Å²) in [6, 6.07) is 0. The number of aliphatic hydroxyl groups excluding tert-OH is 2. The second-order valence-corrected chi connectivity index (χ2v) is 6.76. The summed E-state index contributed by atoms with van der Waals surface area (Å²) in [6.45, 7) is 6.91. The summed E-state index contributed by atoms with van der Waals surface area (Å²) in [5.41, 5.74) is 2.07. The molecule has 1 heterocycles. The van der Waals surface area contributed by atoms with Crippen LogP contribution in [0.4, 0.5) is 0 Å². The standard InChI is InChI=1S/C19H26O6/c1-11-5-4-6-14(10-21)8-16-17(13(3)19(23)25-16)15(7-11)24-18(22)12(2)9-20/h5,8,12,15-17,20-21H,3-4,6-7,9-10H2,1-2H3/b11-5-,14-8-/t12?,15-,16+,17+/m0/s1. The molecule has 0 radical (unpaired) electrons. The minimum Gasteiger partial charge on any atom is -0.461 e. The maximum absolute atomic E-state index is 12.2. The average Bonchev–Trinajstić information content (AvgIpc) is 2.86. The fraction of sp³-hybridized carbons (Fsp3) is 0.579. The molecule has 1 aliphatic carbocycles. The van der Waals surface area contributed by atoms with E-state index in [-0.39, 0.29) is 18.8 Å². The summed E-state index contributed by atoms with van der Waals surface area (Å²) in [5, 5.41) is 18.7. The minimum absolute atomic E-state index is 0.119. The molecule has 2 rings (SSSR count). The van der Waals surface area contributed by atoms with Crippen LogP contribution < -0.4 is 0 Å². The summed E-state index contributed by atoms with van der Waals surface area (Å²) in [5.74, 6) is -2.19. The number of allylic oxidation sites excluding steroid dienone is 1. The zero-order chi connectivity index (χ0) is 18.6. The highest BCUT2D eigenvalue weighted by Crippen LogP contribution is 2.36. The molecule has 6 nitrogen and oxygen atoms in total. The first-order chi connectivity index (χ1) is 11.9. The fourth-order valence-corrected chi connectivity index (χ4v) is 3.11. The third-order valence-electron chi connectivity index (χ3n) is 4.69. The van der Waals surface area contributed by atoms with Gasteiger partial charge in [-0.15, -0.1) is 0 Å². The highest BCUT2D eigenvalue weighted by molar-refractivity contribution is 5.91. The van der Waals surface area contributed by atoms with E-state index in [2.05, 4.69) is 6.58 Å². The van der Waals surface area contributed by atoms with Gasteiger partial charge in [0.2, 0.25) is 0 Å². The van der Waals surface area contributed by atoms with Gasteiger partial charge in [0.1, 0.15) is 12.2 Å². The summed E-state index contributed by atoms with van der Waals surface area (Å²) >= 11 is 0. The highest BCUT2D eigenvalue weighted by Gasteiger charge is 2.44. The van der Waals surface area contributed by atoms with Crippen molar-refractivity contribution in [3.8, 4) is 0 Å². The van der Waals surface area contributed by atoms with E-state index in [0.717, 1.165) is 17.6 Å². The monoisotopic (exact) mass is 350 g/mol. The van der Waals surface area contributed by atoms with Crippen molar-refractivity contribution in [2.45, 2.75) is 45.3 Å². The number of esters is 2. The Labute approximate surface area is 147 Å². The van der Waals surface area contributed by atoms with Gasteiger partial charge in [-0.1, -0.05) is 18.2 Å². The van der Waals surface area contributed by atoms with Crippen molar-refractivity contribution in [3.05, 3.63) is 35.5 Å². The van der Waals surface area contributed by atoms with Crippen LogP contribution in [0.5, 0.6) is 0 Å². The summed E-state index contributed by atoms with van der Waals surface area (Å²) < 4.78 is 11.0. The molecule has 0 aromatic heterocycles. The Morgan fingerprint density at radius 3 is 2.84 bits per heavy atom. The predicted octanol–water partition coefficient (Wildman–Crippen LogP) is 1.67. The van der Waals surface area contributed by atoms with Gasteiger partial charge in [-0.25, -0.2) is 4.79 Å². The molecule has 4 atom stereocenters. The maximum atomic E-state index is 12.2. The molecular weight excluding hydrogens is 324 g/mol. The number of carbonyl (C=O) groups excluding carboxylic acids is 2. The molecule has 1 saturated heterocycles. The highest BCUT2D eigenvalue weighted by atomic mass is 16.6. The number of carbonyl (C=O) groups is 2. The van der Waals surface area contributed by atoms with Gasteiger partial charge in [-0.3, -0.25) is 4.79 Å². The first-order valence-corrected chi connectivity index (χ1v) is 8.54. The Bertz CT molecular complexity index is 603. The molecule has 0 amide bonds. The van der Waals surface area contributed by atoms with E-state index in [9.17, 15) is 19.8 Å². The lowest BCUT2D eigenvalue weighted by Crippen LogP contribution is -2.35. The number of fused-ring (bicyclic) bond motifs is 1. The smallest absolute Gasteiger partial charge is 0.334 e. The first-order valence-electron chi connectivity index (χ1n) is 8.54. The Morgan fingerprint density at radius 1 is 1.48 bits per heavy atom. The average molecular weight is 350 g/mol. The normalized spacial score (nSPS) is 32.6. The van der Waals surface area contributed by atoms with Gasteiger partial charge in [-0.2, -0.15) is 0 Å². The Morgan fingerprint density at radius 2 is 2.20 bits per heavy atom. The largest absolute Gasteiger partial charge is 0.461 e. The van der Waals surface area contributed by atoms with Gasteiger partial charge in [-0.05, 0) is 38.3 Å². The summed E-state index contributed by atoms with van der Waals surface area (Å²) in [6.07, 6.45) is 4.44. The third-order valence-corrected chi connectivity index (χ3v) is 4.69. The van der Waals surface area contributed by atoms with E-state index in [1.807, 2.05) is 13.0 Å². The molecule has 138 valence electrons. The van der Waals surface area contributed by atoms with Crippen LogP contribution in [0.15, 0.2) is 35.5 Å². The van der Waals surface area contributed by atoms with Crippen LogP contribution in [0.3, 0.4) is 0 Å². The van der Waals surface area contributed by atoms with Crippen molar-refractivity contribution < 1.29 is 29.3 Å². The van der Waals surface area contributed by atoms with Crippen molar-refractivity contribution in [3.63, 3.8) is 0 Å². The Hall–Kier alpha value is -1.92. The van der Waals surface area contributed by atoms with Gasteiger partial charge in [0, 0.05) is 12.0 Å². The van der Waals surface area contributed by atoms with Crippen molar-refractivity contribution in [2.24, 2.45) is 11.8 Å². The van der Waals surface area contributed by atoms with Gasteiger partial charge in [0.05, 0.1) is 25.0 Å². The topological polar surface area (TPSA) is 93.1 Å². The van der Waals surface area contributed by atoms with E-state index in [1.54, 1.807) is 13.0 Å². The molecule has 6 heteroatoms. The Balaban J connectivity index is 2.37. The molecule has 25 heavy (non-hydrogen) atoms. The van der Waals surface area contributed by atoms with Crippen LogP contribution in [-0.4, -0.2) is 47.6 Å². The lowest BCUT2D eigenvalue weighted by molar-refractivity contribution is -0.157. The second-order valence-electron chi connectivity index (χ2n) is 6.76. The zero-order valence-corrected chi connectivity index (χ0v) is 14.7. The molecule has 1 aliphatic heterocycles. The summed E-state index contributed by atoms with van der Waals surface area (Å²) in [7, 11) is 0. The molecule has 0 saturated carbocycles. The number of aliphatic hydroxyl groups is 2. The second kappa shape index (κ2) is 8.45. The molecule has 0 aromatic carbocycles. The molecule has 0 bridgehead atoms. The first kappa shape index (κ1) is 19.4. The van der Waals surface area contributed by atoms with E-state index in [1.165, 1.54) is 0 Å². The van der Waals surface area contributed by atoms with Gasteiger partial charge in [0.25, 0.3) is 0 Å². The quantitative estimate of drug-likeness (QED) is 0.455. The van der Waals surface area contributed by atoms with Gasteiger partial charge in [0.15, 0.2) is 0 Å². The molecule has 1 fully saturated rings. The van der Waals surface area contributed by atoms with Crippen molar-refractivity contribution in [2.75, 3.05) is 13.2 Å². The number of rotatable bonds is 4. The van der Waals surface area contributed by atoms with Gasteiger partial charge >= 0.3 is 11.9 Å². The number of hydrogen-bond donors (Lipinski definition) is 2. The maximum Gasteiger partial charge on any atom is 0.334 e. The van der Waals surface area contributed by atoms with Crippen LogP contribution in [0.25, 0.3) is 0 Å². The molecular formula is C19H26O6. The van der Waals surface area contributed by atoms with Crippen LogP contribution in [-0.2, 0) is 19.1 Å². The lowest BCUT2D eigenvalue weighted by atomic mass is 9.85. The van der Waals surface area contributed by atoms with Gasteiger partial charge < -0.3 is 19.7 Å². The van der Waals surface area contributed by atoms with E-state index >= 15 is 0 Å². The SMILES string of the molecule is C=C1C(=O)O[C@@H]2/C=C(\CO)CC/C=C(/C)C[C@H](OC(=O)C(C)CO)[C@@H]12. The van der Waals surface area contributed by atoms with Crippen molar-refractivity contribution in [1.82, 2.24) is 0 Å². The van der Waals surface area contributed by atoms with Crippen LogP contribution in [0.2, 0.25) is 0 Å². The fourth-order valence-electron chi connectivity index (χ4n) is 3.11. The Kier molecular flexibility index (Phi) is 6.56. The van der Waals surface area contributed by atoms with Crippen LogP contribution in [0, 0.1) is 11.8 Å².